The molecule has 0 fully saturated rings. The van der Waals surface area contributed by atoms with Gasteiger partial charge in [-0.25, -0.2) is 8.78 Å². The van der Waals surface area contributed by atoms with Crippen LogP contribution in [-0.2, 0) is 6.54 Å². The number of carbonyl (C=O) groups is 1. The Morgan fingerprint density at radius 2 is 1.73 bits per heavy atom. The van der Waals surface area contributed by atoms with Gasteiger partial charge in [0.15, 0.2) is 0 Å². The van der Waals surface area contributed by atoms with Crippen LogP contribution in [0.3, 0.4) is 0 Å². The molecule has 0 bridgehead atoms. The lowest BCUT2D eigenvalue weighted by Crippen LogP contribution is -2.11. The number of fused-ring (bicyclic) bond motifs is 3. The molecule has 0 saturated carbocycles. The van der Waals surface area contributed by atoms with Crippen LogP contribution in [0.2, 0.25) is 10.0 Å². The zero-order chi connectivity index (χ0) is 23.3. The Kier molecular flexibility index (Phi) is 5.31. The van der Waals surface area contributed by atoms with Crippen molar-refractivity contribution in [1.29, 1.82) is 0 Å². The largest absolute Gasteiger partial charge is 0.366 e. The van der Waals surface area contributed by atoms with Crippen molar-refractivity contribution in [1.82, 2.24) is 4.57 Å². The van der Waals surface area contributed by atoms with E-state index in [-0.39, 0.29) is 6.54 Å². The fourth-order valence-corrected chi connectivity index (χ4v) is 4.75. The van der Waals surface area contributed by atoms with Gasteiger partial charge in [0.25, 0.3) is 0 Å². The average molecular weight is 481 g/mol. The Bertz CT molecular complexity index is 1580. The molecule has 0 saturated heterocycles. The zero-order valence-corrected chi connectivity index (χ0v) is 18.6. The number of benzene rings is 4. The third-order valence-corrected chi connectivity index (χ3v) is 6.29. The van der Waals surface area contributed by atoms with E-state index in [1.807, 2.05) is 34.9 Å². The average Bonchev–Trinajstić information content (AvgIpc) is 3.08. The van der Waals surface area contributed by atoms with Crippen LogP contribution in [0.1, 0.15) is 15.9 Å². The fourth-order valence-electron chi connectivity index (χ4n) is 4.23. The van der Waals surface area contributed by atoms with E-state index in [0.29, 0.717) is 32.1 Å². The van der Waals surface area contributed by atoms with Crippen LogP contribution in [0.15, 0.2) is 72.8 Å². The summed E-state index contributed by atoms with van der Waals surface area (Å²) in [6.45, 7) is 0.131. The lowest BCUT2D eigenvalue weighted by molar-refractivity contribution is 0.100. The van der Waals surface area contributed by atoms with Crippen molar-refractivity contribution < 1.29 is 13.6 Å². The normalized spacial score (nSPS) is 11.4. The number of rotatable bonds is 4. The molecule has 1 aromatic heterocycles. The van der Waals surface area contributed by atoms with Gasteiger partial charge in [0.2, 0.25) is 5.91 Å². The summed E-state index contributed by atoms with van der Waals surface area (Å²) < 4.78 is 29.9. The van der Waals surface area contributed by atoms with Gasteiger partial charge in [-0.3, -0.25) is 4.79 Å². The van der Waals surface area contributed by atoms with Gasteiger partial charge in [0, 0.05) is 43.6 Å². The maximum atomic E-state index is 14.5. The molecule has 3 nitrogen and oxygen atoms in total. The molecule has 5 rings (SSSR count). The lowest BCUT2D eigenvalue weighted by atomic mass is 10.0. The van der Waals surface area contributed by atoms with E-state index in [1.165, 1.54) is 12.1 Å². The summed E-state index contributed by atoms with van der Waals surface area (Å²) in [7, 11) is 0. The zero-order valence-electron chi connectivity index (χ0n) is 17.1. The van der Waals surface area contributed by atoms with E-state index in [0.717, 1.165) is 28.1 Å². The molecular formula is C26H16Cl2F2N2O. The molecule has 0 atom stereocenters. The number of nitrogens with zero attached hydrogens (tertiary/aromatic N) is 1. The summed E-state index contributed by atoms with van der Waals surface area (Å²) in [5, 5.41) is 2.48. The van der Waals surface area contributed by atoms with E-state index in [2.05, 4.69) is 0 Å². The summed E-state index contributed by atoms with van der Waals surface area (Å²) in [6, 6.07) is 19.7. The summed E-state index contributed by atoms with van der Waals surface area (Å²) in [6.07, 6.45) is 0. The molecule has 4 aromatic carbocycles. The highest BCUT2D eigenvalue weighted by atomic mass is 35.5. The topological polar surface area (TPSA) is 48.0 Å². The third kappa shape index (κ3) is 3.73. The molecule has 164 valence electrons. The number of hydrogen-bond donors (Lipinski definition) is 1. The van der Waals surface area contributed by atoms with Crippen LogP contribution in [0, 0.1) is 11.6 Å². The number of carbonyl (C=O) groups excluding carboxylic acids is 1. The van der Waals surface area contributed by atoms with E-state index in [1.54, 1.807) is 24.3 Å². The maximum Gasteiger partial charge on any atom is 0.249 e. The van der Waals surface area contributed by atoms with Gasteiger partial charge in [0.1, 0.15) is 11.6 Å². The van der Waals surface area contributed by atoms with Crippen molar-refractivity contribution in [3.63, 3.8) is 0 Å². The molecule has 0 aliphatic heterocycles. The monoisotopic (exact) mass is 480 g/mol. The maximum absolute atomic E-state index is 14.5. The first kappa shape index (κ1) is 21.4. The molecule has 1 amide bonds. The number of halogens is 4. The van der Waals surface area contributed by atoms with Crippen molar-refractivity contribution in [2.24, 2.45) is 5.73 Å². The second-order valence-electron chi connectivity index (χ2n) is 7.74. The first-order chi connectivity index (χ1) is 15.8. The van der Waals surface area contributed by atoms with Crippen LogP contribution in [-0.4, -0.2) is 10.5 Å². The summed E-state index contributed by atoms with van der Waals surface area (Å²) in [5.41, 5.74) is 9.41. The molecule has 5 aromatic rings. The van der Waals surface area contributed by atoms with Crippen molar-refractivity contribution >= 4 is 50.9 Å². The van der Waals surface area contributed by atoms with Crippen LogP contribution in [0.25, 0.3) is 32.9 Å². The minimum Gasteiger partial charge on any atom is -0.366 e. The Balaban J connectivity index is 1.81. The molecule has 0 aliphatic carbocycles. The quantitative estimate of drug-likeness (QED) is 0.290. The van der Waals surface area contributed by atoms with Gasteiger partial charge in [-0.2, -0.15) is 0 Å². The van der Waals surface area contributed by atoms with Gasteiger partial charge in [0.05, 0.1) is 17.6 Å². The van der Waals surface area contributed by atoms with Crippen LogP contribution in [0.4, 0.5) is 8.78 Å². The predicted octanol–water partition coefficient (Wildman–Crippen LogP) is 7.19. The standard InChI is InChI=1S/C26H16Cl2F2N2O/c27-16-6-9-18(21(28)11-16)14-5-8-19-24(10-14)32(13-15-4-7-17(29)12-22(15)30)23-3-1-2-20(25(19)23)26(31)33/h1-12H,13H2,(H2,31,33). The van der Waals surface area contributed by atoms with E-state index >= 15 is 0 Å². The number of hydrogen-bond acceptors (Lipinski definition) is 1. The molecular weight excluding hydrogens is 465 g/mol. The van der Waals surface area contributed by atoms with E-state index in [9.17, 15) is 13.6 Å². The minimum atomic E-state index is -0.645. The van der Waals surface area contributed by atoms with Gasteiger partial charge < -0.3 is 10.3 Å². The molecule has 2 N–H and O–H groups in total. The number of amides is 1. The minimum absolute atomic E-state index is 0.131. The molecule has 0 unspecified atom stereocenters. The third-order valence-electron chi connectivity index (χ3n) is 5.74. The first-order valence-electron chi connectivity index (χ1n) is 10.1. The molecule has 0 spiro atoms. The smallest absolute Gasteiger partial charge is 0.249 e. The second-order valence-corrected chi connectivity index (χ2v) is 8.59. The highest BCUT2D eigenvalue weighted by molar-refractivity contribution is 6.36. The van der Waals surface area contributed by atoms with Gasteiger partial charge >= 0.3 is 0 Å². The van der Waals surface area contributed by atoms with Crippen molar-refractivity contribution in [3.8, 4) is 11.1 Å². The Labute approximate surface area is 197 Å². The highest BCUT2D eigenvalue weighted by Crippen LogP contribution is 2.37. The molecule has 0 aliphatic rings. The summed E-state index contributed by atoms with van der Waals surface area (Å²) >= 11 is 12.5. The SMILES string of the molecule is NC(=O)c1cccc2c1c1ccc(-c3ccc(Cl)cc3Cl)cc1n2Cc1ccc(F)cc1F. The molecule has 7 heteroatoms. The first-order valence-corrected chi connectivity index (χ1v) is 10.8. The van der Waals surface area contributed by atoms with E-state index < -0.39 is 17.5 Å². The van der Waals surface area contributed by atoms with Gasteiger partial charge in [-0.15, -0.1) is 0 Å². The van der Waals surface area contributed by atoms with Gasteiger partial charge in [-0.1, -0.05) is 53.5 Å². The predicted molar refractivity (Wildman–Crippen MR) is 129 cm³/mol. The lowest BCUT2D eigenvalue weighted by Gasteiger charge is -2.11. The summed E-state index contributed by atoms with van der Waals surface area (Å²) in [4.78, 5) is 12.2. The Hall–Kier alpha value is -3.41. The van der Waals surface area contributed by atoms with Crippen molar-refractivity contribution in [2.45, 2.75) is 6.54 Å². The van der Waals surface area contributed by atoms with Crippen LogP contribution < -0.4 is 5.73 Å². The number of aromatic nitrogens is 1. The second kappa shape index (κ2) is 8.18. The van der Waals surface area contributed by atoms with E-state index in [4.69, 9.17) is 28.9 Å². The summed E-state index contributed by atoms with van der Waals surface area (Å²) in [5.74, 6) is -1.85. The Morgan fingerprint density at radius 1 is 0.909 bits per heavy atom. The van der Waals surface area contributed by atoms with Crippen LogP contribution in [0.5, 0.6) is 0 Å². The molecule has 33 heavy (non-hydrogen) atoms. The number of nitrogens with two attached hydrogens (primary N) is 1. The molecule has 1 heterocycles. The van der Waals surface area contributed by atoms with Crippen LogP contribution >= 0.6 is 23.2 Å². The fraction of sp³-hybridized carbons (Fsp3) is 0.0385. The van der Waals surface area contributed by atoms with Crippen molar-refractivity contribution in [2.75, 3.05) is 0 Å². The van der Waals surface area contributed by atoms with Crippen molar-refractivity contribution in [3.05, 3.63) is 106 Å². The van der Waals surface area contributed by atoms with Gasteiger partial charge in [-0.05, 0) is 42.0 Å². The Morgan fingerprint density at radius 3 is 2.45 bits per heavy atom. The molecule has 0 radical (unpaired) electrons. The number of primary amides is 1. The highest BCUT2D eigenvalue weighted by Gasteiger charge is 2.18.